The summed E-state index contributed by atoms with van der Waals surface area (Å²) in [6.45, 7) is 2.14. The van der Waals surface area contributed by atoms with Crippen molar-refractivity contribution < 1.29 is 9.18 Å². The largest absolute Gasteiger partial charge is 0.346 e. The van der Waals surface area contributed by atoms with Crippen LogP contribution in [0.15, 0.2) is 36.7 Å². The first kappa shape index (κ1) is 12.2. The van der Waals surface area contributed by atoms with E-state index in [1.165, 1.54) is 12.3 Å². The molecule has 0 spiro atoms. The first-order valence-corrected chi connectivity index (χ1v) is 5.47. The highest BCUT2D eigenvalue weighted by atomic mass is 19.1. The fraction of sp³-hybridized carbons (Fsp3) is 0.154. The smallest absolute Gasteiger partial charge is 0.254 e. The molecule has 2 aromatic rings. The summed E-state index contributed by atoms with van der Waals surface area (Å²) in [5.74, 6) is -1.11. The van der Waals surface area contributed by atoms with E-state index in [1.807, 2.05) is 19.1 Å². The molecular weight excluding hydrogens is 233 g/mol. The quantitative estimate of drug-likeness (QED) is 0.897. The van der Waals surface area contributed by atoms with Gasteiger partial charge in [-0.05, 0) is 25.1 Å². The third-order valence-electron chi connectivity index (χ3n) is 2.39. The molecular formula is C13H12FN3O. The summed E-state index contributed by atoms with van der Waals surface area (Å²) in [6.07, 6.45) is 2.39. The maximum atomic E-state index is 13.3. The lowest BCUT2D eigenvalue weighted by Gasteiger charge is -2.05. The van der Waals surface area contributed by atoms with Crippen molar-refractivity contribution in [2.24, 2.45) is 0 Å². The van der Waals surface area contributed by atoms with Gasteiger partial charge >= 0.3 is 0 Å². The van der Waals surface area contributed by atoms with Gasteiger partial charge in [-0.15, -0.1) is 0 Å². The van der Waals surface area contributed by atoms with Crippen molar-refractivity contribution in [2.75, 3.05) is 0 Å². The number of halogens is 1. The van der Waals surface area contributed by atoms with Gasteiger partial charge in [-0.25, -0.2) is 4.39 Å². The summed E-state index contributed by atoms with van der Waals surface area (Å²) in [5, 5.41) is 2.61. The molecule has 0 aromatic carbocycles. The normalized spacial score (nSPS) is 10.1. The Hall–Kier alpha value is -2.30. The van der Waals surface area contributed by atoms with Crippen molar-refractivity contribution in [1.29, 1.82) is 0 Å². The molecule has 0 aliphatic heterocycles. The van der Waals surface area contributed by atoms with E-state index in [0.29, 0.717) is 0 Å². The van der Waals surface area contributed by atoms with Crippen molar-refractivity contribution >= 4 is 5.91 Å². The highest BCUT2D eigenvalue weighted by molar-refractivity contribution is 5.94. The predicted octanol–water partition coefficient (Wildman–Crippen LogP) is 1.85. The van der Waals surface area contributed by atoms with Gasteiger partial charge in [0.05, 0.1) is 24.0 Å². The molecule has 0 saturated carbocycles. The number of amides is 1. The Kier molecular flexibility index (Phi) is 3.62. The molecule has 1 amide bonds. The van der Waals surface area contributed by atoms with Gasteiger partial charge in [0, 0.05) is 11.9 Å². The van der Waals surface area contributed by atoms with Crippen LogP contribution in [0.4, 0.5) is 4.39 Å². The second-order valence-corrected chi connectivity index (χ2v) is 3.81. The van der Waals surface area contributed by atoms with E-state index in [-0.39, 0.29) is 12.1 Å². The standard InChI is InChI=1S/C13H12FN3O/c1-9-3-2-4-10(17-9)7-16-13(18)11-5-6-15-8-12(11)14/h2-6,8H,7H2,1H3,(H,16,18). The van der Waals surface area contributed by atoms with E-state index in [2.05, 4.69) is 15.3 Å². The van der Waals surface area contributed by atoms with Gasteiger partial charge in [0.1, 0.15) is 0 Å². The van der Waals surface area contributed by atoms with Crippen LogP contribution in [0, 0.1) is 12.7 Å². The van der Waals surface area contributed by atoms with Gasteiger partial charge in [0.25, 0.3) is 5.91 Å². The van der Waals surface area contributed by atoms with Crippen LogP contribution in [0.1, 0.15) is 21.7 Å². The van der Waals surface area contributed by atoms with E-state index in [1.54, 1.807) is 6.07 Å². The highest BCUT2D eigenvalue weighted by Crippen LogP contribution is 2.04. The average molecular weight is 245 g/mol. The minimum Gasteiger partial charge on any atom is -0.346 e. The fourth-order valence-electron chi connectivity index (χ4n) is 1.52. The number of hydrogen-bond acceptors (Lipinski definition) is 3. The summed E-state index contributed by atoms with van der Waals surface area (Å²) in [7, 11) is 0. The SMILES string of the molecule is Cc1cccc(CNC(=O)c2ccncc2F)n1. The lowest BCUT2D eigenvalue weighted by Crippen LogP contribution is -2.24. The van der Waals surface area contributed by atoms with Crippen LogP contribution in [-0.4, -0.2) is 15.9 Å². The van der Waals surface area contributed by atoms with E-state index in [0.717, 1.165) is 17.6 Å². The molecule has 0 aliphatic rings. The molecule has 4 nitrogen and oxygen atoms in total. The summed E-state index contributed by atoms with van der Waals surface area (Å²) in [6, 6.07) is 6.87. The number of aromatic nitrogens is 2. The number of hydrogen-bond donors (Lipinski definition) is 1. The van der Waals surface area contributed by atoms with Crippen LogP contribution in [0.3, 0.4) is 0 Å². The molecule has 0 radical (unpaired) electrons. The molecule has 2 heterocycles. The number of aryl methyl sites for hydroxylation is 1. The van der Waals surface area contributed by atoms with Crippen LogP contribution in [0.25, 0.3) is 0 Å². The summed E-state index contributed by atoms with van der Waals surface area (Å²) in [5.41, 5.74) is 1.59. The Morgan fingerprint density at radius 2 is 2.22 bits per heavy atom. The minimum absolute atomic E-state index is 0.0161. The molecule has 2 aromatic heterocycles. The number of nitrogens with zero attached hydrogens (tertiary/aromatic N) is 2. The van der Waals surface area contributed by atoms with Crippen molar-refractivity contribution in [3.05, 3.63) is 59.4 Å². The van der Waals surface area contributed by atoms with Crippen molar-refractivity contribution in [1.82, 2.24) is 15.3 Å². The third kappa shape index (κ3) is 2.88. The van der Waals surface area contributed by atoms with Crippen molar-refractivity contribution in [3.63, 3.8) is 0 Å². The van der Waals surface area contributed by atoms with E-state index in [4.69, 9.17) is 0 Å². The lowest BCUT2D eigenvalue weighted by atomic mass is 10.2. The number of nitrogens with one attached hydrogen (secondary N) is 1. The summed E-state index contributed by atoms with van der Waals surface area (Å²) in [4.78, 5) is 19.5. The Morgan fingerprint density at radius 1 is 1.39 bits per heavy atom. The number of rotatable bonds is 3. The Bertz CT molecular complexity index is 572. The highest BCUT2D eigenvalue weighted by Gasteiger charge is 2.10. The number of carbonyl (C=O) groups is 1. The van der Waals surface area contributed by atoms with Gasteiger partial charge in [-0.2, -0.15) is 0 Å². The average Bonchev–Trinajstić information content (AvgIpc) is 2.37. The van der Waals surface area contributed by atoms with Crippen molar-refractivity contribution in [3.8, 4) is 0 Å². The first-order chi connectivity index (χ1) is 8.66. The monoisotopic (exact) mass is 245 g/mol. The maximum Gasteiger partial charge on any atom is 0.254 e. The molecule has 18 heavy (non-hydrogen) atoms. The Morgan fingerprint density at radius 3 is 2.94 bits per heavy atom. The van der Waals surface area contributed by atoms with Gasteiger partial charge in [-0.3, -0.25) is 14.8 Å². The summed E-state index contributed by atoms with van der Waals surface area (Å²) >= 11 is 0. The molecule has 0 aliphatic carbocycles. The minimum atomic E-state index is -0.632. The second kappa shape index (κ2) is 5.35. The molecule has 1 N–H and O–H groups in total. The molecule has 0 bridgehead atoms. The van der Waals surface area contributed by atoms with Crippen LogP contribution in [0.2, 0.25) is 0 Å². The number of carbonyl (C=O) groups excluding carboxylic acids is 1. The molecule has 0 fully saturated rings. The van der Waals surface area contributed by atoms with E-state index < -0.39 is 11.7 Å². The van der Waals surface area contributed by atoms with Crippen LogP contribution < -0.4 is 5.32 Å². The molecule has 5 heteroatoms. The fourth-order valence-corrected chi connectivity index (χ4v) is 1.52. The Labute approximate surface area is 104 Å². The summed E-state index contributed by atoms with van der Waals surface area (Å²) < 4.78 is 13.3. The van der Waals surface area contributed by atoms with Crippen LogP contribution >= 0.6 is 0 Å². The lowest BCUT2D eigenvalue weighted by molar-refractivity contribution is 0.0946. The van der Waals surface area contributed by atoms with Crippen LogP contribution in [-0.2, 0) is 6.54 Å². The first-order valence-electron chi connectivity index (χ1n) is 5.47. The molecule has 0 saturated heterocycles. The molecule has 92 valence electrons. The molecule has 2 rings (SSSR count). The van der Waals surface area contributed by atoms with Gasteiger partial charge in [-0.1, -0.05) is 6.07 Å². The van der Waals surface area contributed by atoms with Crippen LogP contribution in [0.5, 0.6) is 0 Å². The van der Waals surface area contributed by atoms with Gasteiger partial charge in [0.15, 0.2) is 5.82 Å². The molecule has 0 unspecified atom stereocenters. The van der Waals surface area contributed by atoms with Gasteiger partial charge in [0.2, 0.25) is 0 Å². The maximum absolute atomic E-state index is 13.3. The number of pyridine rings is 2. The zero-order valence-corrected chi connectivity index (χ0v) is 9.85. The predicted molar refractivity (Wildman–Crippen MR) is 64.3 cm³/mol. The Balaban J connectivity index is 2.03. The van der Waals surface area contributed by atoms with Gasteiger partial charge < -0.3 is 5.32 Å². The zero-order valence-electron chi connectivity index (χ0n) is 9.85. The van der Waals surface area contributed by atoms with E-state index >= 15 is 0 Å². The van der Waals surface area contributed by atoms with E-state index in [9.17, 15) is 9.18 Å². The second-order valence-electron chi connectivity index (χ2n) is 3.81. The third-order valence-corrected chi connectivity index (χ3v) is 2.39. The zero-order chi connectivity index (χ0) is 13.0. The topological polar surface area (TPSA) is 54.9 Å². The molecule has 0 atom stereocenters. The van der Waals surface area contributed by atoms with Crippen molar-refractivity contribution in [2.45, 2.75) is 13.5 Å².